The van der Waals surface area contributed by atoms with Crippen LogP contribution in [-0.2, 0) is 16.1 Å². The summed E-state index contributed by atoms with van der Waals surface area (Å²) in [5, 5.41) is 9.21. The Morgan fingerprint density at radius 2 is 1.78 bits per heavy atom. The van der Waals surface area contributed by atoms with Crippen molar-refractivity contribution >= 4 is 6.09 Å². The van der Waals surface area contributed by atoms with Crippen LogP contribution in [-0.4, -0.2) is 52.5 Å². The number of carbonyl (C=O) groups excluding carboxylic acids is 1. The van der Waals surface area contributed by atoms with Crippen molar-refractivity contribution in [3.8, 4) is 0 Å². The Morgan fingerprint density at radius 3 is 2.57 bits per heavy atom. The summed E-state index contributed by atoms with van der Waals surface area (Å²) in [5.74, 6) is 0. The third-order valence-corrected chi connectivity index (χ3v) is 2.95. The zero-order valence-corrected chi connectivity index (χ0v) is 13.7. The van der Waals surface area contributed by atoms with Gasteiger partial charge in [-0.1, -0.05) is 42.5 Å². The lowest BCUT2D eigenvalue weighted by molar-refractivity contribution is 0.139. The average molecular weight is 321 g/mol. The Labute approximate surface area is 138 Å². The first-order valence-electron chi connectivity index (χ1n) is 7.83. The van der Waals surface area contributed by atoms with Gasteiger partial charge in [0.2, 0.25) is 0 Å². The second-order valence-electron chi connectivity index (χ2n) is 4.87. The summed E-state index contributed by atoms with van der Waals surface area (Å²) in [7, 11) is 1.67. The van der Waals surface area contributed by atoms with Gasteiger partial charge in [-0.05, 0) is 5.56 Å². The highest BCUT2D eigenvalue weighted by Crippen LogP contribution is 2.00. The predicted molar refractivity (Wildman–Crippen MR) is 91.4 cm³/mol. The molecule has 3 N–H and O–H groups in total. The average Bonchev–Trinajstić information content (AvgIpc) is 2.59. The molecule has 0 saturated heterocycles. The van der Waals surface area contributed by atoms with Crippen LogP contribution in [0.25, 0.3) is 0 Å². The monoisotopic (exact) mass is 321 g/mol. The highest BCUT2D eigenvalue weighted by atomic mass is 16.5. The summed E-state index contributed by atoms with van der Waals surface area (Å²) >= 11 is 0. The molecular formula is C17H27N3O3. The Bertz CT molecular complexity index is 438. The summed E-state index contributed by atoms with van der Waals surface area (Å²) in [5.41, 5.74) is 0.978. The van der Waals surface area contributed by atoms with Crippen molar-refractivity contribution in [2.24, 2.45) is 0 Å². The number of carbonyl (C=O) groups is 1. The Morgan fingerprint density at radius 1 is 1.04 bits per heavy atom. The minimum absolute atomic E-state index is 0.292. The molecule has 0 radical (unpaired) electrons. The second-order valence-corrected chi connectivity index (χ2v) is 4.87. The zero-order valence-electron chi connectivity index (χ0n) is 13.7. The smallest absolute Gasteiger partial charge is 0.407 e. The van der Waals surface area contributed by atoms with E-state index in [1.54, 1.807) is 7.11 Å². The molecule has 0 aliphatic carbocycles. The van der Waals surface area contributed by atoms with Crippen molar-refractivity contribution < 1.29 is 14.3 Å². The van der Waals surface area contributed by atoms with Gasteiger partial charge in [0.15, 0.2) is 0 Å². The lowest BCUT2D eigenvalue weighted by Crippen LogP contribution is -2.35. The maximum absolute atomic E-state index is 11.5. The molecule has 6 heteroatoms. The lowest BCUT2D eigenvalue weighted by Gasteiger charge is -2.08. The molecule has 23 heavy (non-hydrogen) atoms. The molecule has 1 aromatic rings. The molecule has 0 fully saturated rings. The lowest BCUT2D eigenvalue weighted by atomic mass is 10.2. The second kappa shape index (κ2) is 13.8. The number of rotatable bonds is 12. The Balaban J connectivity index is 1.88. The van der Waals surface area contributed by atoms with Crippen molar-refractivity contribution in [2.75, 3.05) is 46.4 Å². The van der Waals surface area contributed by atoms with Crippen LogP contribution in [0.2, 0.25) is 0 Å². The largest absolute Gasteiger partial charge is 0.445 e. The van der Waals surface area contributed by atoms with Gasteiger partial charge in [0.05, 0.1) is 6.61 Å². The summed E-state index contributed by atoms with van der Waals surface area (Å²) < 4.78 is 10.0. The van der Waals surface area contributed by atoms with Crippen molar-refractivity contribution in [2.45, 2.75) is 6.61 Å². The SMILES string of the molecule is COCC=CCNCCNCCNC(=O)OCc1ccccc1. The molecule has 0 spiro atoms. The van der Waals surface area contributed by atoms with Gasteiger partial charge < -0.3 is 25.4 Å². The number of amides is 1. The first-order valence-corrected chi connectivity index (χ1v) is 7.83. The first kappa shape index (κ1) is 19.2. The van der Waals surface area contributed by atoms with E-state index in [0.717, 1.165) is 25.2 Å². The van der Waals surface area contributed by atoms with E-state index in [1.807, 2.05) is 42.5 Å². The van der Waals surface area contributed by atoms with E-state index in [-0.39, 0.29) is 0 Å². The molecule has 1 rings (SSSR count). The molecule has 0 aromatic heterocycles. The Kier molecular flexibility index (Phi) is 11.5. The summed E-state index contributed by atoms with van der Waals surface area (Å²) in [6.07, 6.45) is 3.62. The van der Waals surface area contributed by atoms with E-state index in [2.05, 4.69) is 16.0 Å². The van der Waals surface area contributed by atoms with E-state index in [4.69, 9.17) is 9.47 Å². The number of alkyl carbamates (subject to hydrolysis) is 1. The van der Waals surface area contributed by atoms with Crippen LogP contribution in [0.15, 0.2) is 42.5 Å². The normalized spacial score (nSPS) is 10.8. The number of benzene rings is 1. The Hall–Kier alpha value is -1.89. The molecular weight excluding hydrogens is 294 g/mol. The standard InChI is InChI=1S/C17H27N3O3/c1-22-14-6-5-9-18-10-11-19-12-13-20-17(21)23-15-16-7-3-2-4-8-16/h2-8,18-19H,9-15H2,1H3,(H,20,21). The van der Waals surface area contributed by atoms with Gasteiger partial charge in [-0.15, -0.1) is 0 Å². The van der Waals surface area contributed by atoms with E-state index < -0.39 is 6.09 Å². The molecule has 0 aliphatic heterocycles. The van der Waals surface area contributed by atoms with Gasteiger partial charge in [-0.3, -0.25) is 0 Å². The summed E-state index contributed by atoms with van der Waals surface area (Å²) in [6, 6.07) is 9.61. The minimum atomic E-state index is -0.392. The van der Waals surface area contributed by atoms with Crippen LogP contribution in [0, 0.1) is 0 Å². The van der Waals surface area contributed by atoms with Gasteiger partial charge in [-0.25, -0.2) is 4.79 Å². The third-order valence-electron chi connectivity index (χ3n) is 2.95. The molecule has 1 aromatic carbocycles. The molecule has 0 saturated carbocycles. The van der Waals surface area contributed by atoms with Crippen molar-refractivity contribution in [3.63, 3.8) is 0 Å². The molecule has 6 nitrogen and oxygen atoms in total. The van der Waals surface area contributed by atoms with Gasteiger partial charge in [0.25, 0.3) is 0 Å². The fraction of sp³-hybridized carbons (Fsp3) is 0.471. The third kappa shape index (κ3) is 11.3. The highest BCUT2D eigenvalue weighted by Gasteiger charge is 2.00. The van der Waals surface area contributed by atoms with Crippen molar-refractivity contribution in [1.29, 1.82) is 0 Å². The minimum Gasteiger partial charge on any atom is -0.445 e. The maximum Gasteiger partial charge on any atom is 0.407 e. The van der Waals surface area contributed by atoms with Gasteiger partial charge in [0.1, 0.15) is 6.61 Å². The van der Waals surface area contributed by atoms with E-state index in [0.29, 0.717) is 26.3 Å². The summed E-state index contributed by atoms with van der Waals surface area (Å²) in [4.78, 5) is 11.5. The predicted octanol–water partition coefficient (Wildman–Crippen LogP) is 1.29. The number of nitrogens with one attached hydrogen (secondary N) is 3. The highest BCUT2D eigenvalue weighted by molar-refractivity contribution is 5.67. The molecule has 1 amide bonds. The van der Waals surface area contributed by atoms with Crippen LogP contribution in [0.3, 0.4) is 0 Å². The van der Waals surface area contributed by atoms with E-state index in [9.17, 15) is 4.79 Å². The number of methoxy groups -OCH3 is 1. The fourth-order valence-electron chi connectivity index (χ4n) is 1.76. The summed E-state index contributed by atoms with van der Waals surface area (Å²) in [6.45, 7) is 4.74. The maximum atomic E-state index is 11.5. The van der Waals surface area contributed by atoms with Gasteiger partial charge in [0, 0.05) is 39.8 Å². The van der Waals surface area contributed by atoms with Crippen LogP contribution < -0.4 is 16.0 Å². The topological polar surface area (TPSA) is 71.6 Å². The molecule has 128 valence electrons. The van der Waals surface area contributed by atoms with Crippen LogP contribution >= 0.6 is 0 Å². The molecule has 0 bridgehead atoms. The molecule has 0 aliphatic rings. The van der Waals surface area contributed by atoms with Gasteiger partial charge in [-0.2, -0.15) is 0 Å². The number of hydrogen-bond acceptors (Lipinski definition) is 5. The zero-order chi connectivity index (χ0) is 16.6. The van der Waals surface area contributed by atoms with Crippen molar-refractivity contribution in [3.05, 3.63) is 48.0 Å². The van der Waals surface area contributed by atoms with Crippen LogP contribution in [0.1, 0.15) is 5.56 Å². The van der Waals surface area contributed by atoms with Crippen molar-refractivity contribution in [1.82, 2.24) is 16.0 Å². The molecule has 0 atom stereocenters. The quantitative estimate of drug-likeness (QED) is 0.400. The van der Waals surface area contributed by atoms with E-state index in [1.165, 1.54) is 0 Å². The molecule has 0 unspecified atom stereocenters. The van der Waals surface area contributed by atoms with Gasteiger partial charge >= 0.3 is 6.09 Å². The number of hydrogen-bond donors (Lipinski definition) is 3. The fourth-order valence-corrected chi connectivity index (χ4v) is 1.76. The molecule has 0 heterocycles. The van der Waals surface area contributed by atoms with Crippen LogP contribution in [0.4, 0.5) is 4.79 Å². The van der Waals surface area contributed by atoms with E-state index >= 15 is 0 Å². The first-order chi connectivity index (χ1) is 11.3. The number of ether oxygens (including phenoxy) is 2. The van der Waals surface area contributed by atoms with Crippen LogP contribution in [0.5, 0.6) is 0 Å².